The van der Waals surface area contributed by atoms with Crippen molar-refractivity contribution in [3.8, 4) is 11.6 Å². The van der Waals surface area contributed by atoms with Crippen molar-refractivity contribution in [1.29, 1.82) is 0 Å². The molecule has 4 rings (SSSR count). The van der Waals surface area contributed by atoms with E-state index in [4.69, 9.17) is 9.72 Å². The Morgan fingerprint density at radius 2 is 1.45 bits per heavy atom. The average molecular weight is 662 g/mol. The van der Waals surface area contributed by atoms with Gasteiger partial charge in [-0.25, -0.2) is 0 Å². The summed E-state index contributed by atoms with van der Waals surface area (Å²) in [5.41, 5.74) is 5.48. The SMILES string of the molecule is CC(C)(C)c1cc[c-]c(B2c3[c-]nc(C(C)(C)C)nc3Oc3cc(C(C)(C)C)ccc32)c1.[U+2]. The minimum absolute atomic E-state index is 0. The molecule has 0 unspecified atom stereocenters. The maximum absolute atomic E-state index is 6.40. The van der Waals surface area contributed by atoms with Crippen LogP contribution in [0.3, 0.4) is 0 Å². The van der Waals surface area contributed by atoms with Crippen LogP contribution in [0.15, 0.2) is 36.4 Å². The standard InChI is InChI=1S/C28H33BN2O.U/c1-26(2,3)18-11-10-12-20(15-18)29-21-14-13-19(27(4,5)6)16-23(21)32-24-22(29)17-30-25(31-24)28(7,8)9;/h10-11,13-16H,1-9H3;/q-2;+2. The summed E-state index contributed by atoms with van der Waals surface area (Å²) in [5, 5.41) is 0. The van der Waals surface area contributed by atoms with Gasteiger partial charge in [-0.15, -0.1) is 5.46 Å². The first-order valence-corrected chi connectivity index (χ1v) is 11.4. The molecular formula is C28H33BN2OU. The van der Waals surface area contributed by atoms with E-state index in [0.29, 0.717) is 5.88 Å². The van der Waals surface area contributed by atoms with Crippen LogP contribution in [0.4, 0.5) is 0 Å². The van der Waals surface area contributed by atoms with Gasteiger partial charge in [-0.1, -0.05) is 80.6 Å². The Hall–Kier alpha value is -1.56. The number of fused-ring (bicyclic) bond motifs is 2. The fraction of sp³-hybridized carbons (Fsp3) is 0.429. The molecule has 1 aliphatic rings. The van der Waals surface area contributed by atoms with Crippen LogP contribution in [0.25, 0.3) is 0 Å². The molecule has 0 bridgehead atoms. The summed E-state index contributed by atoms with van der Waals surface area (Å²) in [4.78, 5) is 9.45. The molecule has 0 N–H and O–H groups in total. The van der Waals surface area contributed by atoms with E-state index in [0.717, 1.165) is 28.0 Å². The number of hydrogen-bond acceptors (Lipinski definition) is 3. The van der Waals surface area contributed by atoms with Crippen molar-refractivity contribution in [2.24, 2.45) is 0 Å². The second-order valence-electron chi connectivity index (χ2n) is 11.9. The van der Waals surface area contributed by atoms with Crippen LogP contribution >= 0.6 is 0 Å². The van der Waals surface area contributed by atoms with Crippen molar-refractivity contribution in [3.05, 3.63) is 65.6 Å². The van der Waals surface area contributed by atoms with Gasteiger partial charge in [0.2, 0.25) is 6.71 Å². The largest absolute Gasteiger partial charge is 2.00 e. The predicted octanol–water partition coefficient (Wildman–Crippen LogP) is 4.59. The van der Waals surface area contributed by atoms with Crippen molar-refractivity contribution < 1.29 is 35.9 Å². The molecule has 1 aromatic heterocycles. The van der Waals surface area contributed by atoms with Crippen LogP contribution < -0.4 is 21.1 Å². The Morgan fingerprint density at radius 3 is 2.06 bits per heavy atom. The van der Waals surface area contributed by atoms with Crippen molar-refractivity contribution in [2.45, 2.75) is 78.6 Å². The molecule has 3 nitrogen and oxygen atoms in total. The zero-order valence-corrected chi connectivity index (χ0v) is 25.5. The van der Waals surface area contributed by atoms with Gasteiger partial charge < -0.3 is 14.7 Å². The van der Waals surface area contributed by atoms with E-state index in [9.17, 15) is 0 Å². The summed E-state index contributed by atoms with van der Waals surface area (Å²) in [6.07, 6.45) is 3.30. The molecule has 0 saturated heterocycles. The molecule has 2 heterocycles. The molecule has 0 amide bonds. The zero-order chi connectivity index (χ0) is 23.5. The minimum Gasteiger partial charge on any atom is -0.500 e. The third kappa shape index (κ3) is 5.26. The van der Waals surface area contributed by atoms with Crippen LogP contribution in [-0.4, -0.2) is 16.7 Å². The summed E-state index contributed by atoms with van der Waals surface area (Å²) in [6, 6.07) is 16.5. The van der Waals surface area contributed by atoms with Gasteiger partial charge in [-0.2, -0.15) is 35.3 Å². The van der Waals surface area contributed by atoms with E-state index in [1.807, 2.05) is 6.07 Å². The third-order valence-electron chi connectivity index (χ3n) is 6.08. The molecule has 0 atom stereocenters. The van der Waals surface area contributed by atoms with E-state index < -0.39 is 0 Å². The van der Waals surface area contributed by atoms with Crippen LogP contribution in [-0.2, 0) is 16.2 Å². The maximum Gasteiger partial charge on any atom is 2.00 e. The normalized spacial score (nSPS) is 13.5. The number of nitrogens with zero attached hydrogens (tertiary/aromatic N) is 2. The smallest absolute Gasteiger partial charge is 0.500 e. The molecule has 0 aliphatic carbocycles. The minimum atomic E-state index is -0.184. The molecule has 5 heteroatoms. The molecule has 0 saturated carbocycles. The summed E-state index contributed by atoms with van der Waals surface area (Å²) < 4.78 is 6.40. The van der Waals surface area contributed by atoms with E-state index in [1.165, 1.54) is 11.1 Å². The Labute approximate surface area is 223 Å². The molecule has 168 valence electrons. The zero-order valence-electron chi connectivity index (χ0n) is 21.3. The quantitative estimate of drug-likeness (QED) is 0.221. The molecule has 0 radical (unpaired) electrons. The summed E-state index contributed by atoms with van der Waals surface area (Å²) in [6.45, 7) is 19.6. The van der Waals surface area contributed by atoms with E-state index in [2.05, 4.69) is 110 Å². The second-order valence-corrected chi connectivity index (χ2v) is 11.9. The molecule has 33 heavy (non-hydrogen) atoms. The molecule has 0 spiro atoms. The Bertz CT molecular complexity index is 1110. The van der Waals surface area contributed by atoms with Gasteiger partial charge in [-0.05, 0) is 33.3 Å². The Morgan fingerprint density at radius 1 is 0.818 bits per heavy atom. The fourth-order valence-electron chi connectivity index (χ4n) is 3.97. The maximum atomic E-state index is 6.40. The van der Waals surface area contributed by atoms with Gasteiger partial charge in [-0.3, -0.25) is 0 Å². The van der Waals surface area contributed by atoms with Crippen molar-refractivity contribution >= 4 is 23.1 Å². The molecular weight excluding hydrogens is 629 g/mol. The fourth-order valence-corrected chi connectivity index (χ4v) is 3.97. The molecule has 1 aliphatic heterocycles. The Kier molecular flexibility index (Phi) is 7.03. The number of aromatic nitrogens is 2. The van der Waals surface area contributed by atoms with Gasteiger partial charge in [0.25, 0.3) is 0 Å². The van der Waals surface area contributed by atoms with E-state index in [1.54, 1.807) is 0 Å². The number of rotatable bonds is 1. The molecule has 0 fully saturated rings. The van der Waals surface area contributed by atoms with Crippen LogP contribution in [0.1, 0.15) is 79.3 Å². The molecule has 3 aromatic rings. The number of benzene rings is 2. The van der Waals surface area contributed by atoms with Crippen molar-refractivity contribution in [2.75, 3.05) is 0 Å². The predicted molar refractivity (Wildman–Crippen MR) is 133 cm³/mol. The van der Waals surface area contributed by atoms with Crippen LogP contribution in [0, 0.1) is 43.4 Å². The van der Waals surface area contributed by atoms with Crippen molar-refractivity contribution in [3.63, 3.8) is 0 Å². The number of hydrogen-bond donors (Lipinski definition) is 0. The Balaban J connectivity index is 0.00000306. The van der Waals surface area contributed by atoms with E-state index in [-0.39, 0.29) is 54.1 Å². The van der Waals surface area contributed by atoms with Gasteiger partial charge in [0.1, 0.15) is 11.6 Å². The van der Waals surface area contributed by atoms with Crippen molar-refractivity contribution in [1.82, 2.24) is 9.97 Å². The van der Waals surface area contributed by atoms with Gasteiger partial charge in [0, 0.05) is 5.82 Å². The van der Waals surface area contributed by atoms with E-state index >= 15 is 0 Å². The average Bonchev–Trinajstić information content (AvgIpc) is 2.69. The summed E-state index contributed by atoms with van der Waals surface area (Å²) in [7, 11) is 0. The van der Waals surface area contributed by atoms with Gasteiger partial charge in [0.15, 0.2) is 0 Å². The second kappa shape index (κ2) is 8.90. The topological polar surface area (TPSA) is 35.0 Å². The third-order valence-corrected chi connectivity index (χ3v) is 6.08. The summed E-state index contributed by atoms with van der Waals surface area (Å²) in [5.74, 6) is 2.19. The first kappa shape index (κ1) is 26.0. The number of ether oxygens (including phenoxy) is 1. The monoisotopic (exact) mass is 662 g/mol. The first-order chi connectivity index (χ1) is 14.7. The van der Waals surface area contributed by atoms with Crippen LogP contribution in [0.5, 0.6) is 11.6 Å². The van der Waals surface area contributed by atoms with Gasteiger partial charge in [0.05, 0.1) is 0 Å². The van der Waals surface area contributed by atoms with Gasteiger partial charge >= 0.3 is 31.1 Å². The molecule has 2 aromatic carbocycles. The summed E-state index contributed by atoms with van der Waals surface area (Å²) >= 11 is 0. The van der Waals surface area contributed by atoms with Crippen LogP contribution in [0.2, 0.25) is 0 Å². The first-order valence-electron chi connectivity index (χ1n) is 11.4.